The summed E-state index contributed by atoms with van der Waals surface area (Å²) in [6.07, 6.45) is 1.03. The average Bonchev–Trinajstić information content (AvgIpc) is 2.93. The van der Waals surface area contributed by atoms with Gasteiger partial charge in [0.2, 0.25) is 5.95 Å². The molecule has 190 valence electrons. The molecule has 0 atom stereocenters. The summed E-state index contributed by atoms with van der Waals surface area (Å²) in [6.45, 7) is 3.24. The molecule has 10 nitrogen and oxygen atoms in total. The first-order valence-corrected chi connectivity index (χ1v) is 12.0. The van der Waals surface area contributed by atoms with Crippen LogP contribution in [0, 0.1) is 0 Å². The van der Waals surface area contributed by atoms with Crippen molar-refractivity contribution in [3.05, 3.63) is 54.6 Å². The van der Waals surface area contributed by atoms with Gasteiger partial charge in [-0.1, -0.05) is 48.5 Å². The molecule has 0 unspecified atom stereocenters. The van der Waals surface area contributed by atoms with Gasteiger partial charge in [-0.15, -0.1) is 4.98 Å². The number of para-hydroxylation sites is 1. The second-order valence-corrected chi connectivity index (χ2v) is 8.51. The molecule has 1 amide bonds. The van der Waals surface area contributed by atoms with E-state index in [0.717, 1.165) is 55.8 Å². The van der Waals surface area contributed by atoms with Crippen LogP contribution in [0.25, 0.3) is 11.1 Å². The molecule has 1 aliphatic heterocycles. The van der Waals surface area contributed by atoms with Crippen LogP contribution in [-0.4, -0.2) is 79.5 Å². The van der Waals surface area contributed by atoms with Crippen molar-refractivity contribution in [2.75, 3.05) is 57.7 Å². The highest BCUT2D eigenvalue weighted by molar-refractivity contribution is 5.91. The van der Waals surface area contributed by atoms with E-state index in [1.165, 1.54) is 14.2 Å². The van der Waals surface area contributed by atoms with Gasteiger partial charge in [0.1, 0.15) is 6.10 Å². The summed E-state index contributed by atoms with van der Waals surface area (Å²) in [5.41, 5.74) is 2.74. The molecular weight excluding hydrogens is 460 g/mol. The predicted octanol–water partition coefficient (Wildman–Crippen LogP) is 3.71. The van der Waals surface area contributed by atoms with Crippen molar-refractivity contribution in [3.8, 4) is 23.1 Å². The summed E-state index contributed by atoms with van der Waals surface area (Å²) < 4.78 is 16.0. The average molecular weight is 493 g/mol. The van der Waals surface area contributed by atoms with Gasteiger partial charge >= 0.3 is 18.1 Å². The van der Waals surface area contributed by atoms with E-state index in [1.807, 2.05) is 66.5 Å². The number of hydrogen-bond donors (Lipinski definition) is 1. The SMILES string of the molecule is COc1nc(OC)nc(N(C)CCN2CCC(OC(=O)Nc3ccccc3-c3ccccc3)CC2)n1. The zero-order chi connectivity index (χ0) is 25.3. The maximum absolute atomic E-state index is 12.6. The van der Waals surface area contributed by atoms with Crippen LogP contribution in [0.15, 0.2) is 54.6 Å². The standard InChI is InChI=1S/C26H32N6O4/c1-31(23-28-24(34-2)30-25(29-23)35-3)17-18-32-15-13-20(14-16-32)36-26(33)27-22-12-8-7-11-21(22)19-9-5-4-6-10-19/h4-12,20H,13-18H2,1-3H3,(H,27,33). The minimum atomic E-state index is -0.422. The van der Waals surface area contributed by atoms with E-state index in [1.54, 1.807) is 0 Å². The number of rotatable bonds is 9. The monoisotopic (exact) mass is 492 g/mol. The minimum absolute atomic E-state index is 0.111. The number of anilines is 2. The lowest BCUT2D eigenvalue weighted by Gasteiger charge is -2.32. The van der Waals surface area contributed by atoms with Crippen molar-refractivity contribution in [1.29, 1.82) is 0 Å². The van der Waals surface area contributed by atoms with Crippen LogP contribution >= 0.6 is 0 Å². The highest BCUT2D eigenvalue weighted by Gasteiger charge is 2.23. The molecule has 2 aromatic carbocycles. The van der Waals surface area contributed by atoms with Gasteiger partial charge in [-0.2, -0.15) is 9.97 Å². The Kier molecular flexibility index (Phi) is 8.51. The molecule has 1 aromatic heterocycles. The van der Waals surface area contributed by atoms with Crippen LogP contribution in [0.2, 0.25) is 0 Å². The van der Waals surface area contributed by atoms with Crippen LogP contribution in [0.4, 0.5) is 16.4 Å². The highest BCUT2D eigenvalue weighted by atomic mass is 16.6. The first-order valence-electron chi connectivity index (χ1n) is 12.0. The number of benzene rings is 2. The Bertz CT molecular complexity index is 1120. The van der Waals surface area contributed by atoms with Gasteiger partial charge in [0, 0.05) is 38.8 Å². The molecule has 10 heteroatoms. The smallest absolute Gasteiger partial charge is 0.411 e. The third kappa shape index (κ3) is 6.60. The normalized spacial score (nSPS) is 14.2. The Hall–Kier alpha value is -3.92. The first-order chi connectivity index (χ1) is 17.6. The molecule has 4 rings (SSSR count). The van der Waals surface area contributed by atoms with E-state index in [9.17, 15) is 4.79 Å². The fraction of sp³-hybridized carbons (Fsp3) is 0.385. The molecule has 0 saturated carbocycles. The van der Waals surface area contributed by atoms with Crippen molar-refractivity contribution in [2.45, 2.75) is 18.9 Å². The largest absolute Gasteiger partial charge is 0.467 e. The number of nitrogens with one attached hydrogen (secondary N) is 1. The molecule has 1 fully saturated rings. The van der Waals surface area contributed by atoms with E-state index < -0.39 is 6.09 Å². The van der Waals surface area contributed by atoms with Gasteiger partial charge in [0.05, 0.1) is 19.9 Å². The van der Waals surface area contributed by atoms with E-state index in [4.69, 9.17) is 14.2 Å². The van der Waals surface area contributed by atoms with Gasteiger partial charge in [-0.25, -0.2) is 4.79 Å². The molecule has 0 aliphatic carbocycles. The second kappa shape index (κ2) is 12.2. The molecule has 1 N–H and O–H groups in total. The Morgan fingerprint density at radius 3 is 2.28 bits per heavy atom. The number of likely N-dealkylation sites (tertiary alicyclic amines) is 1. The van der Waals surface area contributed by atoms with Crippen LogP contribution < -0.4 is 19.7 Å². The van der Waals surface area contributed by atoms with Crippen LogP contribution in [0.1, 0.15) is 12.8 Å². The number of piperidine rings is 1. The van der Waals surface area contributed by atoms with Gasteiger partial charge < -0.3 is 24.0 Å². The number of methoxy groups -OCH3 is 2. The molecule has 0 bridgehead atoms. The summed E-state index contributed by atoms with van der Waals surface area (Å²) in [7, 11) is 4.93. The zero-order valence-electron chi connectivity index (χ0n) is 20.9. The third-order valence-corrected chi connectivity index (χ3v) is 6.10. The molecule has 0 spiro atoms. The van der Waals surface area contributed by atoms with Crippen molar-refractivity contribution in [2.24, 2.45) is 0 Å². The quantitative estimate of drug-likeness (QED) is 0.479. The molecule has 0 radical (unpaired) electrons. The number of amides is 1. The third-order valence-electron chi connectivity index (χ3n) is 6.10. The van der Waals surface area contributed by atoms with Crippen molar-refractivity contribution < 1.29 is 19.0 Å². The Balaban J connectivity index is 1.24. The van der Waals surface area contributed by atoms with Gasteiger partial charge in [0.25, 0.3) is 0 Å². The molecule has 2 heterocycles. The maximum atomic E-state index is 12.6. The van der Waals surface area contributed by atoms with Crippen molar-refractivity contribution in [1.82, 2.24) is 19.9 Å². The molecule has 1 aliphatic rings. The minimum Gasteiger partial charge on any atom is -0.467 e. The predicted molar refractivity (Wildman–Crippen MR) is 138 cm³/mol. The summed E-state index contributed by atoms with van der Waals surface area (Å²) in [5.74, 6) is 0.490. The fourth-order valence-electron chi connectivity index (χ4n) is 4.08. The first kappa shape index (κ1) is 25.2. The number of hydrogen-bond acceptors (Lipinski definition) is 9. The zero-order valence-corrected chi connectivity index (χ0v) is 20.9. The van der Waals surface area contributed by atoms with E-state index in [2.05, 4.69) is 25.2 Å². The molecule has 36 heavy (non-hydrogen) atoms. The lowest BCUT2D eigenvalue weighted by atomic mass is 10.0. The summed E-state index contributed by atoms with van der Waals surface area (Å²) in [4.78, 5) is 29.5. The lowest BCUT2D eigenvalue weighted by Crippen LogP contribution is -2.42. The molecule has 1 saturated heterocycles. The second-order valence-electron chi connectivity index (χ2n) is 8.51. The van der Waals surface area contributed by atoms with E-state index in [0.29, 0.717) is 5.95 Å². The maximum Gasteiger partial charge on any atom is 0.411 e. The van der Waals surface area contributed by atoms with Gasteiger partial charge in [-0.3, -0.25) is 5.32 Å². The Labute approximate surface area is 211 Å². The van der Waals surface area contributed by atoms with Crippen LogP contribution in [0.3, 0.4) is 0 Å². The number of carbonyl (C=O) groups excluding carboxylic acids is 1. The van der Waals surface area contributed by atoms with Crippen molar-refractivity contribution >= 4 is 17.7 Å². The summed E-state index contributed by atoms with van der Waals surface area (Å²) in [5, 5.41) is 2.92. The number of nitrogens with zero attached hydrogens (tertiary/aromatic N) is 5. The Morgan fingerprint density at radius 1 is 0.972 bits per heavy atom. The van der Waals surface area contributed by atoms with E-state index in [-0.39, 0.29) is 18.1 Å². The van der Waals surface area contributed by atoms with Gasteiger partial charge in [-0.05, 0) is 24.5 Å². The lowest BCUT2D eigenvalue weighted by molar-refractivity contribution is 0.0598. The topological polar surface area (TPSA) is 102 Å². The molecule has 3 aromatic rings. The van der Waals surface area contributed by atoms with Gasteiger partial charge in [0.15, 0.2) is 0 Å². The number of carbonyl (C=O) groups is 1. The highest BCUT2D eigenvalue weighted by Crippen LogP contribution is 2.28. The Morgan fingerprint density at radius 2 is 1.61 bits per heavy atom. The number of aromatic nitrogens is 3. The molecular formula is C26H32N6O4. The van der Waals surface area contributed by atoms with Crippen LogP contribution in [0.5, 0.6) is 12.0 Å². The number of likely N-dealkylation sites (N-methyl/N-ethyl adjacent to an activating group) is 1. The number of ether oxygens (including phenoxy) is 3. The fourth-order valence-corrected chi connectivity index (χ4v) is 4.08. The summed E-state index contributed by atoms with van der Waals surface area (Å²) in [6, 6.07) is 18.1. The van der Waals surface area contributed by atoms with E-state index >= 15 is 0 Å². The van der Waals surface area contributed by atoms with Crippen molar-refractivity contribution in [3.63, 3.8) is 0 Å². The van der Waals surface area contributed by atoms with Crippen LogP contribution in [-0.2, 0) is 4.74 Å². The summed E-state index contributed by atoms with van der Waals surface area (Å²) >= 11 is 0.